The van der Waals surface area contributed by atoms with Crippen LogP contribution in [-0.4, -0.2) is 4.57 Å². The molecule has 0 aliphatic rings. The average molecular weight is 498 g/mol. The lowest BCUT2D eigenvalue weighted by Gasteiger charge is -2.18. The summed E-state index contributed by atoms with van der Waals surface area (Å²) in [7, 11) is 0. The smallest absolute Gasteiger partial charge is 0.0623 e. The zero-order valence-electron chi connectivity index (χ0n) is 23.2. The molecule has 0 bridgehead atoms. The fourth-order valence-electron chi connectivity index (χ4n) is 6.21. The molecule has 0 aliphatic heterocycles. The van der Waals surface area contributed by atoms with Crippen LogP contribution in [0, 0.1) is 0 Å². The van der Waals surface area contributed by atoms with Gasteiger partial charge in [-0.15, -0.1) is 0 Å². The van der Waals surface area contributed by atoms with Gasteiger partial charge in [-0.25, -0.2) is 0 Å². The molecule has 1 heteroatoms. The molecule has 0 radical (unpaired) electrons. The Morgan fingerprint density at radius 3 is 1.64 bits per heavy atom. The van der Waals surface area contributed by atoms with Crippen LogP contribution in [0.5, 0.6) is 0 Å². The highest BCUT2D eigenvalue weighted by Gasteiger charge is 2.18. The highest BCUT2D eigenvalue weighted by molar-refractivity contribution is 6.22. The first-order valence-corrected chi connectivity index (χ1v) is 13.3. The van der Waals surface area contributed by atoms with E-state index in [9.17, 15) is 0 Å². The SMILES string of the molecule is [2H]c1ccc2c(-c3ccc4c(c3)c3ccccc3n4-c3ccccc3)c3cc([2H])ccc3c(-c3ccccc3)c2c1. The molecular formula is C38H25N. The van der Waals surface area contributed by atoms with Crippen LogP contribution in [-0.2, 0) is 0 Å². The molecule has 8 rings (SSSR count). The van der Waals surface area contributed by atoms with E-state index in [1.54, 1.807) is 0 Å². The van der Waals surface area contributed by atoms with Crippen molar-refractivity contribution in [3.8, 4) is 27.9 Å². The van der Waals surface area contributed by atoms with E-state index in [-0.39, 0.29) is 0 Å². The van der Waals surface area contributed by atoms with Crippen LogP contribution >= 0.6 is 0 Å². The van der Waals surface area contributed by atoms with Gasteiger partial charge in [0.15, 0.2) is 0 Å². The summed E-state index contributed by atoms with van der Waals surface area (Å²) in [6.45, 7) is 0. The Morgan fingerprint density at radius 2 is 0.923 bits per heavy atom. The second kappa shape index (κ2) is 8.72. The summed E-state index contributed by atoms with van der Waals surface area (Å²) in [5, 5.41) is 6.67. The Hall–Kier alpha value is -5.14. The normalized spacial score (nSPS) is 12.3. The van der Waals surface area contributed by atoms with Crippen LogP contribution in [0.4, 0.5) is 0 Å². The summed E-state index contributed by atoms with van der Waals surface area (Å²) in [6.07, 6.45) is 0. The monoisotopic (exact) mass is 497 g/mol. The lowest BCUT2D eigenvalue weighted by atomic mass is 9.86. The number of aromatic nitrogens is 1. The van der Waals surface area contributed by atoms with Gasteiger partial charge >= 0.3 is 0 Å². The van der Waals surface area contributed by atoms with Crippen molar-refractivity contribution in [3.63, 3.8) is 0 Å². The third-order valence-corrected chi connectivity index (χ3v) is 7.84. The minimum atomic E-state index is 0.482. The van der Waals surface area contributed by atoms with E-state index in [1.807, 2.05) is 36.4 Å². The van der Waals surface area contributed by atoms with E-state index in [4.69, 9.17) is 2.74 Å². The molecule has 1 nitrogen and oxygen atoms in total. The predicted molar refractivity (Wildman–Crippen MR) is 167 cm³/mol. The fraction of sp³-hybridized carbons (Fsp3) is 0. The topological polar surface area (TPSA) is 4.93 Å². The minimum absolute atomic E-state index is 0.482. The molecule has 0 fully saturated rings. The predicted octanol–water partition coefficient (Wildman–Crippen LogP) is 10.4. The van der Waals surface area contributed by atoms with Crippen LogP contribution in [0.1, 0.15) is 2.74 Å². The summed E-state index contributed by atoms with van der Waals surface area (Å²) in [5.74, 6) is 0. The molecule has 182 valence electrons. The molecule has 1 aromatic heterocycles. The Balaban J connectivity index is 1.50. The van der Waals surface area contributed by atoms with E-state index >= 15 is 0 Å². The number of rotatable bonds is 3. The molecule has 0 saturated carbocycles. The van der Waals surface area contributed by atoms with Gasteiger partial charge in [0.1, 0.15) is 0 Å². The maximum absolute atomic E-state index is 8.56. The van der Waals surface area contributed by atoms with Gasteiger partial charge in [-0.3, -0.25) is 0 Å². The lowest BCUT2D eigenvalue weighted by molar-refractivity contribution is 1.18. The molecule has 0 N–H and O–H groups in total. The van der Waals surface area contributed by atoms with Gasteiger partial charge in [0.2, 0.25) is 0 Å². The van der Waals surface area contributed by atoms with Crippen molar-refractivity contribution in [3.05, 3.63) is 152 Å². The molecule has 0 aliphatic carbocycles. The summed E-state index contributed by atoms with van der Waals surface area (Å²) >= 11 is 0. The van der Waals surface area contributed by atoms with Gasteiger partial charge in [-0.2, -0.15) is 0 Å². The number of nitrogens with zero attached hydrogens (tertiary/aromatic N) is 1. The molecule has 0 saturated heterocycles. The van der Waals surface area contributed by atoms with Gasteiger partial charge in [-0.1, -0.05) is 121 Å². The Bertz CT molecular complexity index is 2260. The standard InChI is InChI=1S/C38H25N/c1-3-13-26(14-4-1)37-30-18-7-9-20-32(30)38(33-21-10-8-19-31(33)37)27-23-24-36-34(25-27)29-17-11-12-22-35(29)39(36)28-15-5-2-6-16-28/h1-25H/i7D,10D. The average Bonchev–Trinajstić information content (AvgIpc) is 3.34. The van der Waals surface area contributed by atoms with Crippen molar-refractivity contribution in [2.75, 3.05) is 0 Å². The lowest BCUT2D eigenvalue weighted by Crippen LogP contribution is -1.93. The highest BCUT2D eigenvalue weighted by atomic mass is 15.0. The zero-order valence-corrected chi connectivity index (χ0v) is 21.2. The molecule has 0 amide bonds. The Kier molecular flexibility index (Phi) is 4.45. The van der Waals surface area contributed by atoms with Crippen molar-refractivity contribution < 1.29 is 2.74 Å². The summed E-state index contributed by atoms with van der Waals surface area (Å²) in [5.41, 5.74) is 7.89. The number of benzene rings is 7. The largest absolute Gasteiger partial charge is 0.309 e. The minimum Gasteiger partial charge on any atom is -0.309 e. The molecule has 8 aromatic rings. The second-order valence-electron chi connectivity index (χ2n) is 9.98. The van der Waals surface area contributed by atoms with Gasteiger partial charge in [0.25, 0.3) is 0 Å². The van der Waals surface area contributed by atoms with Crippen LogP contribution in [0.3, 0.4) is 0 Å². The van der Waals surface area contributed by atoms with Crippen LogP contribution in [0.25, 0.3) is 71.3 Å². The van der Waals surface area contributed by atoms with Crippen molar-refractivity contribution in [1.82, 2.24) is 4.57 Å². The first kappa shape index (κ1) is 19.9. The van der Waals surface area contributed by atoms with E-state index in [0.717, 1.165) is 55.0 Å². The molecular weight excluding hydrogens is 470 g/mol. The number of hydrogen-bond donors (Lipinski definition) is 0. The van der Waals surface area contributed by atoms with Gasteiger partial charge < -0.3 is 4.57 Å². The fourth-order valence-corrected chi connectivity index (χ4v) is 6.21. The van der Waals surface area contributed by atoms with E-state index in [1.165, 1.54) is 16.3 Å². The first-order chi connectivity index (χ1) is 20.2. The maximum Gasteiger partial charge on any atom is 0.0623 e. The molecule has 0 spiro atoms. The van der Waals surface area contributed by atoms with Crippen LogP contribution in [0.15, 0.2) is 152 Å². The molecule has 0 unspecified atom stereocenters. The third kappa shape index (κ3) is 3.34. The van der Waals surface area contributed by atoms with Crippen LogP contribution in [0.2, 0.25) is 0 Å². The number of fused-ring (bicyclic) bond motifs is 5. The molecule has 1 heterocycles. The summed E-state index contributed by atoms with van der Waals surface area (Å²) in [4.78, 5) is 0. The Labute approximate surface area is 230 Å². The third-order valence-electron chi connectivity index (χ3n) is 7.84. The molecule has 0 atom stereocenters. The quantitative estimate of drug-likeness (QED) is 0.214. The van der Waals surface area contributed by atoms with Crippen LogP contribution < -0.4 is 0 Å². The summed E-state index contributed by atoms with van der Waals surface area (Å²) < 4.78 is 19.4. The number of para-hydroxylation sites is 2. The van der Waals surface area contributed by atoms with E-state index < -0.39 is 0 Å². The van der Waals surface area contributed by atoms with Crippen molar-refractivity contribution in [1.29, 1.82) is 0 Å². The van der Waals surface area contributed by atoms with E-state index in [0.29, 0.717) is 12.1 Å². The van der Waals surface area contributed by atoms with Crippen molar-refractivity contribution >= 4 is 43.4 Å². The molecule has 7 aromatic carbocycles. The van der Waals surface area contributed by atoms with Crippen molar-refractivity contribution in [2.24, 2.45) is 0 Å². The van der Waals surface area contributed by atoms with E-state index in [2.05, 4.69) is 108 Å². The highest BCUT2D eigenvalue weighted by Crippen LogP contribution is 2.44. The number of hydrogen-bond acceptors (Lipinski definition) is 0. The van der Waals surface area contributed by atoms with Crippen molar-refractivity contribution in [2.45, 2.75) is 0 Å². The van der Waals surface area contributed by atoms with Gasteiger partial charge in [-0.05, 0) is 74.1 Å². The molecule has 39 heavy (non-hydrogen) atoms. The first-order valence-electron chi connectivity index (χ1n) is 14.3. The van der Waals surface area contributed by atoms with Gasteiger partial charge in [0.05, 0.1) is 13.8 Å². The zero-order chi connectivity index (χ0) is 27.5. The Morgan fingerprint density at radius 1 is 0.385 bits per heavy atom. The maximum atomic E-state index is 8.56. The summed E-state index contributed by atoms with van der Waals surface area (Å²) in [6, 6.07) is 49.0. The second-order valence-corrected chi connectivity index (χ2v) is 9.98. The van der Waals surface area contributed by atoms with Gasteiger partial charge in [0, 0.05) is 16.5 Å².